The molecule has 8 nitrogen and oxygen atoms in total. The van der Waals surface area contributed by atoms with Crippen LogP contribution < -0.4 is 15.8 Å². The summed E-state index contributed by atoms with van der Waals surface area (Å²) in [4.78, 5) is 21.1. The van der Waals surface area contributed by atoms with Crippen LogP contribution >= 0.6 is 0 Å². The first-order valence-corrected chi connectivity index (χ1v) is 10.2. The number of ether oxygens (including phenoxy) is 1. The van der Waals surface area contributed by atoms with Gasteiger partial charge in [-0.15, -0.1) is 0 Å². The molecule has 1 saturated carbocycles. The van der Waals surface area contributed by atoms with E-state index in [2.05, 4.69) is 14.9 Å². The van der Waals surface area contributed by atoms with Crippen LogP contribution in [-0.4, -0.2) is 39.3 Å². The van der Waals surface area contributed by atoms with E-state index in [9.17, 15) is 4.79 Å². The summed E-state index contributed by atoms with van der Waals surface area (Å²) in [6.45, 7) is 2.60. The molecule has 0 bridgehead atoms. The maximum atomic E-state index is 11.6. The normalized spacial score (nSPS) is 19.6. The first kappa shape index (κ1) is 18.6. The van der Waals surface area contributed by atoms with E-state index in [1.54, 1.807) is 6.07 Å². The number of aromatic nitrogens is 3. The third-order valence-electron chi connectivity index (χ3n) is 5.97. The van der Waals surface area contributed by atoms with Gasteiger partial charge in [0.25, 0.3) is 0 Å². The number of nitrogens with one attached hydrogen (secondary N) is 2. The van der Waals surface area contributed by atoms with Crippen LogP contribution in [-0.2, 0) is 4.79 Å². The molecule has 4 N–H and O–H groups in total. The summed E-state index contributed by atoms with van der Waals surface area (Å²) >= 11 is 0. The highest BCUT2D eigenvalue weighted by atomic mass is 16.5. The van der Waals surface area contributed by atoms with Gasteiger partial charge < -0.3 is 25.8 Å². The Kier molecular flexibility index (Phi) is 4.42. The van der Waals surface area contributed by atoms with Gasteiger partial charge in [0.05, 0.1) is 17.5 Å². The molecule has 1 saturated heterocycles. The number of hydrogen-bond donors (Lipinski definition) is 3. The molecule has 1 aliphatic heterocycles. The predicted octanol–water partition coefficient (Wildman–Crippen LogP) is 2.92. The maximum Gasteiger partial charge on any atom is 0.241 e. The van der Waals surface area contributed by atoms with Crippen molar-refractivity contribution in [3.63, 3.8) is 0 Å². The second-order valence-electron chi connectivity index (χ2n) is 8.14. The van der Waals surface area contributed by atoms with Crippen LogP contribution in [0.1, 0.15) is 37.8 Å². The second-order valence-corrected chi connectivity index (χ2v) is 8.14. The summed E-state index contributed by atoms with van der Waals surface area (Å²) in [7, 11) is 0. The van der Waals surface area contributed by atoms with E-state index < -0.39 is 0 Å². The number of nitrogens with two attached hydrogens (primary N) is 1. The van der Waals surface area contributed by atoms with Gasteiger partial charge in [-0.1, -0.05) is 6.07 Å². The average molecular weight is 404 g/mol. The molecule has 2 unspecified atom stereocenters. The Morgan fingerprint density at radius 1 is 1.37 bits per heavy atom. The van der Waals surface area contributed by atoms with Gasteiger partial charge >= 0.3 is 0 Å². The highest BCUT2D eigenvalue weighted by Gasteiger charge is 2.31. The fourth-order valence-electron chi connectivity index (χ4n) is 3.98. The van der Waals surface area contributed by atoms with Crippen molar-refractivity contribution in [3.8, 4) is 17.1 Å². The van der Waals surface area contributed by atoms with Crippen molar-refractivity contribution in [2.75, 3.05) is 12.3 Å². The number of fused-ring (bicyclic) bond motifs is 1. The van der Waals surface area contributed by atoms with Crippen LogP contribution in [0.2, 0.25) is 0 Å². The van der Waals surface area contributed by atoms with Gasteiger partial charge in [-0.2, -0.15) is 0 Å². The molecule has 154 valence electrons. The number of hydrogen-bond acceptors (Lipinski definition) is 6. The first-order valence-electron chi connectivity index (χ1n) is 10.2. The van der Waals surface area contributed by atoms with Crippen LogP contribution in [0.5, 0.6) is 5.88 Å². The smallest absolute Gasteiger partial charge is 0.241 e. The Hall–Kier alpha value is -3.42. The summed E-state index contributed by atoms with van der Waals surface area (Å²) in [5, 5.41) is 10.5. The average Bonchev–Trinajstić information content (AvgIpc) is 3.34. The lowest BCUT2D eigenvalue weighted by Crippen LogP contribution is -2.26. The number of imidazole rings is 1. The zero-order valence-corrected chi connectivity index (χ0v) is 16.8. The van der Waals surface area contributed by atoms with Gasteiger partial charge in [0.1, 0.15) is 11.6 Å². The molecule has 0 spiro atoms. The Labute approximate surface area is 174 Å². The van der Waals surface area contributed by atoms with Gasteiger partial charge in [0, 0.05) is 48.0 Å². The van der Waals surface area contributed by atoms with Gasteiger partial charge in [-0.3, -0.25) is 4.79 Å². The Morgan fingerprint density at radius 3 is 2.90 bits per heavy atom. The van der Waals surface area contributed by atoms with Crippen LogP contribution in [0.25, 0.3) is 22.3 Å². The number of carbonyl (C=O) groups is 1. The molecule has 2 atom stereocenters. The summed E-state index contributed by atoms with van der Waals surface area (Å²) in [6.07, 6.45) is 5.65. The third-order valence-corrected chi connectivity index (χ3v) is 5.97. The van der Waals surface area contributed by atoms with Gasteiger partial charge in [0.15, 0.2) is 0 Å². The van der Waals surface area contributed by atoms with Crippen molar-refractivity contribution in [2.45, 2.75) is 38.3 Å². The molecule has 3 aromatic rings. The zero-order valence-electron chi connectivity index (χ0n) is 16.8. The van der Waals surface area contributed by atoms with Gasteiger partial charge in [0.2, 0.25) is 11.8 Å². The van der Waals surface area contributed by atoms with Crippen molar-refractivity contribution in [1.29, 1.82) is 5.41 Å². The van der Waals surface area contributed by atoms with Crippen molar-refractivity contribution in [1.82, 2.24) is 19.9 Å². The molecule has 1 amide bonds. The summed E-state index contributed by atoms with van der Waals surface area (Å²) in [5.41, 5.74) is 10.4. The largest absolute Gasteiger partial charge is 0.473 e. The maximum absolute atomic E-state index is 11.6. The molecule has 5 rings (SSSR count). The van der Waals surface area contributed by atoms with E-state index in [-0.39, 0.29) is 17.9 Å². The minimum Gasteiger partial charge on any atom is -0.473 e. The summed E-state index contributed by atoms with van der Waals surface area (Å²) < 4.78 is 8.50. The molecule has 2 fully saturated rings. The molecule has 2 aliphatic rings. The molecule has 2 aromatic heterocycles. The van der Waals surface area contributed by atoms with Crippen molar-refractivity contribution >= 4 is 28.8 Å². The van der Waals surface area contributed by atoms with Crippen molar-refractivity contribution in [3.05, 3.63) is 36.2 Å². The fraction of sp³-hybridized carbons (Fsp3) is 0.364. The number of benzene rings is 1. The second kappa shape index (κ2) is 7.12. The molecule has 8 heteroatoms. The first-order chi connectivity index (χ1) is 14.5. The molecule has 0 radical (unpaired) electrons. The van der Waals surface area contributed by atoms with Crippen molar-refractivity contribution in [2.24, 2.45) is 5.92 Å². The lowest BCUT2D eigenvalue weighted by molar-refractivity contribution is -0.119. The van der Waals surface area contributed by atoms with E-state index in [0.29, 0.717) is 36.1 Å². The fourth-order valence-corrected chi connectivity index (χ4v) is 3.98. The number of nitrogens with zero attached hydrogens (tertiary/aromatic N) is 3. The highest BCUT2D eigenvalue weighted by Crippen LogP contribution is 2.40. The monoisotopic (exact) mass is 404 g/mol. The minimum absolute atomic E-state index is 0.0615. The molecule has 30 heavy (non-hydrogen) atoms. The van der Waals surface area contributed by atoms with E-state index in [4.69, 9.17) is 20.9 Å². The molecule has 3 heterocycles. The summed E-state index contributed by atoms with van der Waals surface area (Å²) in [6, 6.07) is 7.91. The third kappa shape index (κ3) is 3.28. The van der Waals surface area contributed by atoms with Gasteiger partial charge in [-0.05, 0) is 38.0 Å². The molecular formula is C22H24N6O2. The van der Waals surface area contributed by atoms with Crippen LogP contribution in [0, 0.1) is 11.3 Å². The topological polar surface area (TPSA) is 119 Å². The number of carbonyl (C=O) groups excluding carboxylic acids is 1. The lowest BCUT2D eigenvalue weighted by Gasteiger charge is -2.20. The van der Waals surface area contributed by atoms with E-state index in [0.717, 1.165) is 35.1 Å². The Bertz CT molecular complexity index is 1150. The zero-order chi connectivity index (χ0) is 20.8. The van der Waals surface area contributed by atoms with Crippen LogP contribution in [0.15, 0.2) is 30.6 Å². The standard InChI is InChI=1S/C22H24N6O2/c1-12(15-7-20(29)25-10-15)30-22-21-19(26-11-28(21)16-3-4-16)8-18(27-22)13-2-5-17(24)14(6-13)9-23/h2,5-6,8-9,11-12,15-16,23H,3-4,7,10,24H2,1H3,(H,25,29). The van der Waals surface area contributed by atoms with E-state index in [1.165, 1.54) is 6.21 Å². The molecule has 1 aliphatic carbocycles. The summed E-state index contributed by atoms with van der Waals surface area (Å²) in [5.74, 6) is 0.703. The van der Waals surface area contributed by atoms with Crippen LogP contribution in [0.3, 0.4) is 0 Å². The van der Waals surface area contributed by atoms with Crippen molar-refractivity contribution < 1.29 is 9.53 Å². The van der Waals surface area contributed by atoms with Gasteiger partial charge in [-0.25, -0.2) is 9.97 Å². The Morgan fingerprint density at radius 2 is 2.20 bits per heavy atom. The molecule has 1 aromatic carbocycles. The number of rotatable bonds is 6. The van der Waals surface area contributed by atoms with E-state index >= 15 is 0 Å². The Balaban J connectivity index is 1.58. The van der Waals surface area contributed by atoms with E-state index in [1.807, 2.05) is 31.5 Å². The lowest BCUT2D eigenvalue weighted by atomic mass is 10.0. The number of anilines is 1. The highest BCUT2D eigenvalue weighted by molar-refractivity contribution is 5.89. The predicted molar refractivity (Wildman–Crippen MR) is 115 cm³/mol. The van der Waals surface area contributed by atoms with Crippen LogP contribution in [0.4, 0.5) is 5.69 Å². The SMILES string of the molecule is CC(Oc1nc(-c2ccc(N)c(C=N)c2)cc2ncn(C3CC3)c12)C1CNC(=O)C1. The quantitative estimate of drug-likeness (QED) is 0.431. The molecular weight excluding hydrogens is 380 g/mol. The number of pyridine rings is 1. The minimum atomic E-state index is -0.166. The number of amides is 1. The number of nitrogen functional groups attached to an aromatic ring is 1.